The molecule has 0 fully saturated rings. The molecule has 0 aliphatic carbocycles. The van der Waals surface area contributed by atoms with Crippen LogP contribution in [0.5, 0.6) is 0 Å². The first-order valence-corrected chi connectivity index (χ1v) is 11.2. The van der Waals surface area contributed by atoms with E-state index in [1.807, 2.05) is 50.2 Å². The van der Waals surface area contributed by atoms with Gasteiger partial charge in [0.25, 0.3) is 0 Å². The first-order valence-electron chi connectivity index (χ1n) is 10.4. The average Bonchev–Trinajstić information content (AvgIpc) is 2.82. The molecule has 0 aromatic heterocycles. The van der Waals surface area contributed by atoms with Crippen molar-refractivity contribution in [2.24, 2.45) is 5.92 Å². The summed E-state index contributed by atoms with van der Waals surface area (Å²) in [5.74, 6) is -0.740. The molecular weight excluding hydrogens is 422 g/mol. The highest BCUT2D eigenvalue weighted by Crippen LogP contribution is 2.34. The van der Waals surface area contributed by atoms with Crippen molar-refractivity contribution in [2.45, 2.75) is 46.4 Å². The summed E-state index contributed by atoms with van der Waals surface area (Å²) in [6.45, 7) is 14.8. The lowest BCUT2D eigenvalue weighted by Crippen LogP contribution is -2.29. The highest BCUT2D eigenvalue weighted by molar-refractivity contribution is 8.08. The van der Waals surface area contributed by atoms with Gasteiger partial charge in [0.1, 0.15) is 5.78 Å². The number of ketones is 2. The Hall–Kier alpha value is -2.70. The summed E-state index contributed by atoms with van der Waals surface area (Å²) >= 11 is 1.66. The van der Waals surface area contributed by atoms with E-state index in [1.165, 1.54) is 24.4 Å². The lowest BCUT2D eigenvalue weighted by atomic mass is 10.1. The van der Waals surface area contributed by atoms with Gasteiger partial charge in [0.15, 0.2) is 5.78 Å². The van der Waals surface area contributed by atoms with Crippen molar-refractivity contribution in [2.75, 3.05) is 14.2 Å². The monoisotopic (exact) mass is 459 g/mol. The summed E-state index contributed by atoms with van der Waals surface area (Å²) in [7, 11) is 2.52. The Morgan fingerprint density at radius 1 is 0.938 bits per heavy atom. The van der Waals surface area contributed by atoms with Gasteiger partial charge in [0.05, 0.1) is 5.92 Å². The third-order valence-corrected chi connectivity index (χ3v) is 5.35. The van der Waals surface area contributed by atoms with Crippen LogP contribution < -0.4 is 5.32 Å². The van der Waals surface area contributed by atoms with Crippen molar-refractivity contribution in [3.05, 3.63) is 71.8 Å². The number of hydrogen-bond acceptors (Lipinski definition) is 5. The van der Waals surface area contributed by atoms with Crippen LogP contribution in [0.15, 0.2) is 60.0 Å². The molecule has 0 saturated heterocycles. The van der Waals surface area contributed by atoms with Crippen LogP contribution >= 0.6 is 11.8 Å². The van der Waals surface area contributed by atoms with E-state index in [4.69, 9.17) is 5.11 Å². The Bertz CT molecular complexity index is 860. The van der Waals surface area contributed by atoms with E-state index in [1.54, 1.807) is 25.6 Å². The molecular formula is C26H37NO4S. The minimum Gasteiger partial charge on any atom is -0.400 e. The van der Waals surface area contributed by atoms with Crippen LogP contribution in [0.4, 0.5) is 0 Å². The number of aliphatic hydroxyl groups is 1. The number of Topliss-reactive ketones (excluding diaryl/α,β-unsaturated/α-hetero) is 2. The predicted octanol–water partition coefficient (Wildman–Crippen LogP) is 5.55. The molecule has 1 unspecified atom stereocenters. The molecule has 0 spiro atoms. The predicted molar refractivity (Wildman–Crippen MR) is 136 cm³/mol. The van der Waals surface area contributed by atoms with Crippen molar-refractivity contribution < 1.29 is 19.5 Å². The van der Waals surface area contributed by atoms with Crippen LogP contribution in [0, 0.1) is 12.8 Å². The van der Waals surface area contributed by atoms with Gasteiger partial charge in [-0.1, -0.05) is 74.7 Å². The normalized spacial score (nSPS) is 9.91. The Morgan fingerprint density at radius 2 is 1.41 bits per heavy atom. The standard InChI is InChI=1S/C17H16OS.C6H11NO2.C2H6.CH4O/c1-12-6-4-5-7-17(12)19-14(3)16-10-8-15(9-11-16)13(2)18;1-4(5(2)8)6(9)7-3;2*1-2/h4-11H,3H2,1-2H3;4H,1-3H3,(H,7,9);1-2H3;2H,1H3. The van der Waals surface area contributed by atoms with Crippen LogP contribution in [-0.4, -0.2) is 36.7 Å². The maximum atomic E-state index is 11.2. The summed E-state index contributed by atoms with van der Waals surface area (Å²) in [4.78, 5) is 34.5. The quantitative estimate of drug-likeness (QED) is 0.336. The molecule has 1 amide bonds. The number of benzene rings is 2. The molecule has 32 heavy (non-hydrogen) atoms. The molecule has 2 N–H and O–H groups in total. The lowest BCUT2D eigenvalue weighted by Gasteiger charge is -2.08. The van der Waals surface area contributed by atoms with Crippen LogP contribution in [0.25, 0.3) is 4.91 Å². The van der Waals surface area contributed by atoms with Gasteiger partial charge in [0.2, 0.25) is 5.91 Å². The average molecular weight is 460 g/mol. The molecule has 2 rings (SSSR count). The Morgan fingerprint density at radius 3 is 1.78 bits per heavy atom. The van der Waals surface area contributed by atoms with E-state index in [0.29, 0.717) is 0 Å². The van der Waals surface area contributed by atoms with Gasteiger partial charge in [0, 0.05) is 29.5 Å². The first kappa shape index (κ1) is 31.5. The van der Waals surface area contributed by atoms with Gasteiger partial charge in [-0.2, -0.15) is 0 Å². The van der Waals surface area contributed by atoms with Gasteiger partial charge in [-0.25, -0.2) is 0 Å². The summed E-state index contributed by atoms with van der Waals surface area (Å²) in [6.07, 6.45) is 0. The number of amides is 1. The fourth-order valence-corrected chi connectivity index (χ4v) is 3.05. The van der Waals surface area contributed by atoms with Gasteiger partial charge in [-0.3, -0.25) is 14.4 Å². The summed E-state index contributed by atoms with van der Waals surface area (Å²) in [6, 6.07) is 15.8. The van der Waals surface area contributed by atoms with Gasteiger partial charge in [-0.05, 0) is 44.9 Å². The van der Waals surface area contributed by atoms with E-state index in [9.17, 15) is 14.4 Å². The molecule has 0 saturated carbocycles. The summed E-state index contributed by atoms with van der Waals surface area (Å²) in [5, 5.41) is 9.39. The maximum absolute atomic E-state index is 11.2. The van der Waals surface area contributed by atoms with E-state index >= 15 is 0 Å². The summed E-state index contributed by atoms with van der Waals surface area (Å²) < 4.78 is 0. The van der Waals surface area contributed by atoms with Crippen LogP contribution in [0.2, 0.25) is 0 Å². The molecule has 2 aromatic rings. The molecule has 1 atom stereocenters. The highest BCUT2D eigenvalue weighted by Gasteiger charge is 2.14. The molecule has 0 radical (unpaired) electrons. The van der Waals surface area contributed by atoms with E-state index in [0.717, 1.165) is 23.1 Å². The third kappa shape index (κ3) is 11.6. The zero-order valence-electron chi connectivity index (χ0n) is 20.5. The number of carbonyl (C=O) groups is 3. The zero-order chi connectivity index (χ0) is 25.3. The number of rotatable bonds is 6. The second-order valence-corrected chi connectivity index (χ2v) is 7.51. The van der Waals surface area contributed by atoms with Crippen LogP contribution in [0.1, 0.15) is 56.1 Å². The topological polar surface area (TPSA) is 83.5 Å². The van der Waals surface area contributed by atoms with Crippen LogP contribution in [-0.2, 0) is 9.59 Å². The molecule has 5 nitrogen and oxygen atoms in total. The van der Waals surface area contributed by atoms with Gasteiger partial charge < -0.3 is 10.4 Å². The number of aryl methyl sites for hydroxylation is 1. The minimum atomic E-state index is -0.505. The Kier molecular flexibility index (Phi) is 17.6. The second-order valence-electron chi connectivity index (χ2n) is 6.37. The highest BCUT2D eigenvalue weighted by atomic mass is 32.2. The smallest absolute Gasteiger partial charge is 0.230 e. The molecule has 0 aliphatic heterocycles. The molecule has 176 valence electrons. The van der Waals surface area contributed by atoms with E-state index in [2.05, 4.69) is 31.0 Å². The van der Waals surface area contributed by atoms with Gasteiger partial charge in [-0.15, -0.1) is 0 Å². The van der Waals surface area contributed by atoms with Crippen molar-refractivity contribution in [3.8, 4) is 0 Å². The fourth-order valence-electron chi connectivity index (χ4n) is 2.15. The summed E-state index contributed by atoms with van der Waals surface area (Å²) in [5.41, 5.74) is 3.03. The Labute approximate surface area is 197 Å². The maximum Gasteiger partial charge on any atom is 0.230 e. The molecule has 0 aliphatic rings. The van der Waals surface area contributed by atoms with E-state index in [-0.39, 0.29) is 17.5 Å². The largest absolute Gasteiger partial charge is 0.400 e. The number of aliphatic hydroxyl groups excluding tert-OH is 1. The van der Waals surface area contributed by atoms with Gasteiger partial charge >= 0.3 is 0 Å². The molecule has 0 bridgehead atoms. The second kappa shape index (κ2) is 17.9. The molecule has 6 heteroatoms. The van der Waals surface area contributed by atoms with E-state index < -0.39 is 5.92 Å². The number of thioether (sulfide) groups is 1. The third-order valence-electron chi connectivity index (χ3n) is 4.19. The number of hydrogen-bond donors (Lipinski definition) is 2. The first-order chi connectivity index (χ1) is 15.2. The van der Waals surface area contributed by atoms with Crippen molar-refractivity contribution >= 4 is 34.1 Å². The van der Waals surface area contributed by atoms with Crippen LogP contribution in [0.3, 0.4) is 0 Å². The Balaban J connectivity index is 0. The minimum absolute atomic E-state index is 0.0868. The molecule has 0 heterocycles. The number of nitrogens with one attached hydrogen (secondary N) is 1. The number of carbonyl (C=O) groups excluding carboxylic acids is 3. The zero-order valence-corrected chi connectivity index (χ0v) is 21.3. The lowest BCUT2D eigenvalue weighted by molar-refractivity contribution is -0.131. The van der Waals surface area contributed by atoms with Crippen molar-refractivity contribution in [1.29, 1.82) is 0 Å². The molecule has 2 aromatic carbocycles. The van der Waals surface area contributed by atoms with Crippen molar-refractivity contribution in [1.82, 2.24) is 5.32 Å². The van der Waals surface area contributed by atoms with Crippen molar-refractivity contribution in [3.63, 3.8) is 0 Å². The SMILES string of the molecule is C=C(Sc1ccccc1C)c1ccc(C(C)=O)cc1.CC.CNC(=O)C(C)C(C)=O.CO. The fraction of sp³-hybridized carbons (Fsp3) is 0.346.